The Morgan fingerprint density at radius 3 is 2.78 bits per heavy atom. The third-order valence-electron chi connectivity index (χ3n) is 4.54. The van der Waals surface area contributed by atoms with E-state index in [-0.39, 0.29) is 37.1 Å². The smallest absolute Gasteiger partial charge is 0.244 e. The molecule has 2 N–H and O–H groups in total. The molecule has 1 aromatic rings. The largest absolute Gasteiger partial charge is 0.356 e. The Hall–Kier alpha value is -3.21. The van der Waals surface area contributed by atoms with Crippen molar-refractivity contribution in [2.45, 2.75) is 37.8 Å². The number of amides is 3. The highest BCUT2D eigenvalue weighted by Gasteiger charge is 2.38. The number of nitrogens with zero attached hydrogens (tertiary/aromatic N) is 3. The zero-order valence-corrected chi connectivity index (χ0v) is 14.9. The predicted octanol–water partition coefficient (Wildman–Crippen LogP) is 1.83. The van der Waals surface area contributed by atoms with Crippen LogP contribution in [0.15, 0.2) is 34.5 Å². The fourth-order valence-electron chi connectivity index (χ4n) is 2.97. The Morgan fingerprint density at radius 1 is 1.26 bits per heavy atom. The highest BCUT2D eigenvalue weighted by atomic mass is 16.2. The monoisotopic (exact) mass is 367 g/mol. The first-order valence-electron chi connectivity index (χ1n) is 8.86. The van der Waals surface area contributed by atoms with E-state index in [1.807, 2.05) is 0 Å². The number of anilines is 2. The molecule has 0 atom stereocenters. The third kappa shape index (κ3) is 4.70. The average molecular weight is 367 g/mol. The van der Waals surface area contributed by atoms with E-state index in [1.54, 1.807) is 24.3 Å². The molecule has 3 amide bonds. The molecule has 0 unspecified atom stereocenters. The number of terminal acetylenes is 1. The number of carbonyl (C=O) groups excluding carboxylic acids is 3. The van der Waals surface area contributed by atoms with Crippen molar-refractivity contribution < 1.29 is 14.4 Å². The van der Waals surface area contributed by atoms with E-state index in [4.69, 9.17) is 6.42 Å². The molecule has 0 saturated carbocycles. The van der Waals surface area contributed by atoms with Gasteiger partial charge in [0.25, 0.3) is 0 Å². The summed E-state index contributed by atoms with van der Waals surface area (Å²) in [4.78, 5) is 37.7. The second-order valence-electron chi connectivity index (χ2n) is 6.53. The van der Waals surface area contributed by atoms with E-state index in [1.165, 1.54) is 4.90 Å². The first kappa shape index (κ1) is 18.6. The summed E-state index contributed by atoms with van der Waals surface area (Å²) in [5.74, 6) is 1.83. The minimum Gasteiger partial charge on any atom is -0.356 e. The first-order chi connectivity index (χ1) is 13.0. The molecule has 0 saturated heterocycles. The molecule has 8 nitrogen and oxygen atoms in total. The summed E-state index contributed by atoms with van der Waals surface area (Å²) in [7, 11) is 0. The van der Waals surface area contributed by atoms with E-state index < -0.39 is 5.66 Å². The number of rotatable bonds is 8. The summed E-state index contributed by atoms with van der Waals surface area (Å²) >= 11 is 0. The minimum absolute atomic E-state index is 0.0322. The molecule has 27 heavy (non-hydrogen) atoms. The maximum Gasteiger partial charge on any atom is 0.244 e. The van der Waals surface area contributed by atoms with Crippen LogP contribution in [0.4, 0.5) is 11.4 Å². The van der Waals surface area contributed by atoms with Crippen LogP contribution >= 0.6 is 0 Å². The fourth-order valence-corrected chi connectivity index (χ4v) is 2.97. The number of hydrogen-bond donors (Lipinski definition) is 2. The molecular weight excluding hydrogens is 346 g/mol. The maximum absolute atomic E-state index is 12.5. The molecule has 0 radical (unpaired) electrons. The van der Waals surface area contributed by atoms with Gasteiger partial charge in [-0.25, -0.2) is 0 Å². The predicted molar refractivity (Wildman–Crippen MR) is 99.9 cm³/mol. The van der Waals surface area contributed by atoms with Crippen LogP contribution in [0, 0.1) is 12.3 Å². The number of benzene rings is 1. The maximum atomic E-state index is 12.5. The summed E-state index contributed by atoms with van der Waals surface area (Å²) in [5.41, 5.74) is 0.816. The van der Waals surface area contributed by atoms with Crippen molar-refractivity contribution in [3.05, 3.63) is 24.3 Å². The van der Waals surface area contributed by atoms with E-state index in [9.17, 15) is 14.4 Å². The standard InChI is InChI=1S/C19H21N5O3/c1-2-3-10-19(22-23-19)11-12-20-16(25)8-9-18(27)24-13-17(26)21-14-6-4-5-7-15(14)24/h1,4-7H,3,8-13H2,(H,20,25)(H,21,26). The zero-order valence-electron chi connectivity index (χ0n) is 14.9. The number of carbonyl (C=O) groups is 3. The van der Waals surface area contributed by atoms with Crippen molar-refractivity contribution in [3.63, 3.8) is 0 Å². The van der Waals surface area contributed by atoms with Gasteiger partial charge in [-0.2, -0.15) is 10.2 Å². The van der Waals surface area contributed by atoms with Gasteiger partial charge in [-0.05, 0) is 12.1 Å². The van der Waals surface area contributed by atoms with Crippen molar-refractivity contribution >= 4 is 29.1 Å². The van der Waals surface area contributed by atoms with Gasteiger partial charge in [-0.1, -0.05) is 12.1 Å². The fraction of sp³-hybridized carbons (Fsp3) is 0.421. The van der Waals surface area contributed by atoms with Crippen LogP contribution in [0.25, 0.3) is 0 Å². The Balaban J connectivity index is 1.43. The second kappa shape index (κ2) is 7.99. The SMILES string of the molecule is C#CCCC1(CCNC(=O)CCC(=O)N2CC(=O)Nc3ccccc32)N=N1. The average Bonchev–Trinajstić information content (AvgIpc) is 3.43. The first-order valence-corrected chi connectivity index (χ1v) is 8.86. The Labute approximate surface area is 157 Å². The number of hydrogen-bond acceptors (Lipinski definition) is 5. The lowest BCUT2D eigenvalue weighted by atomic mass is 10.0. The minimum atomic E-state index is -0.430. The van der Waals surface area contributed by atoms with Gasteiger partial charge in [0.1, 0.15) is 6.54 Å². The van der Waals surface area contributed by atoms with Crippen molar-refractivity contribution in [1.29, 1.82) is 0 Å². The van der Waals surface area contributed by atoms with Crippen molar-refractivity contribution in [1.82, 2.24) is 5.32 Å². The molecule has 2 aliphatic heterocycles. The number of fused-ring (bicyclic) bond motifs is 1. The van der Waals surface area contributed by atoms with Gasteiger partial charge in [0.2, 0.25) is 17.7 Å². The van der Waals surface area contributed by atoms with E-state index in [2.05, 4.69) is 26.8 Å². The van der Waals surface area contributed by atoms with Gasteiger partial charge in [0, 0.05) is 38.6 Å². The molecule has 140 valence electrons. The molecule has 1 aromatic carbocycles. The lowest BCUT2D eigenvalue weighted by Gasteiger charge is -2.29. The van der Waals surface area contributed by atoms with Gasteiger partial charge in [-0.3, -0.25) is 14.4 Å². The molecule has 2 heterocycles. The Morgan fingerprint density at radius 2 is 2.04 bits per heavy atom. The van der Waals surface area contributed by atoms with Gasteiger partial charge < -0.3 is 15.5 Å². The van der Waals surface area contributed by atoms with Crippen LogP contribution in [0.5, 0.6) is 0 Å². The van der Waals surface area contributed by atoms with Gasteiger partial charge in [-0.15, -0.1) is 12.3 Å². The normalized spacial score (nSPS) is 16.1. The molecule has 0 aromatic heterocycles. The molecule has 0 fully saturated rings. The van der Waals surface area contributed by atoms with E-state index in [0.29, 0.717) is 37.2 Å². The summed E-state index contributed by atoms with van der Waals surface area (Å²) in [6, 6.07) is 7.09. The summed E-state index contributed by atoms with van der Waals surface area (Å²) in [6.07, 6.45) is 7.23. The molecule has 2 aliphatic rings. The molecule has 3 rings (SSSR count). The Kier molecular flexibility index (Phi) is 5.50. The second-order valence-corrected chi connectivity index (χ2v) is 6.53. The van der Waals surface area contributed by atoms with Crippen molar-refractivity contribution in [2.24, 2.45) is 10.2 Å². The molecule has 8 heteroatoms. The topological polar surface area (TPSA) is 103 Å². The lowest BCUT2D eigenvalue weighted by molar-refractivity contribution is -0.125. The summed E-state index contributed by atoms with van der Waals surface area (Å²) < 4.78 is 0. The molecule has 0 spiro atoms. The van der Waals surface area contributed by atoms with Gasteiger partial charge in [0.15, 0.2) is 5.66 Å². The summed E-state index contributed by atoms with van der Waals surface area (Å²) in [5, 5.41) is 13.5. The van der Waals surface area contributed by atoms with Gasteiger partial charge in [0.05, 0.1) is 11.4 Å². The van der Waals surface area contributed by atoms with Gasteiger partial charge >= 0.3 is 0 Å². The zero-order chi connectivity index (χ0) is 19.3. The van der Waals surface area contributed by atoms with Crippen LogP contribution < -0.4 is 15.5 Å². The van der Waals surface area contributed by atoms with Crippen LogP contribution in [0.3, 0.4) is 0 Å². The van der Waals surface area contributed by atoms with E-state index >= 15 is 0 Å². The van der Waals surface area contributed by atoms with Crippen LogP contribution in [-0.4, -0.2) is 36.5 Å². The number of nitrogens with one attached hydrogen (secondary N) is 2. The molecular formula is C19H21N5O3. The van der Waals surface area contributed by atoms with Crippen LogP contribution in [-0.2, 0) is 14.4 Å². The third-order valence-corrected chi connectivity index (χ3v) is 4.54. The molecule has 0 aliphatic carbocycles. The van der Waals surface area contributed by atoms with E-state index in [0.717, 1.165) is 0 Å². The van der Waals surface area contributed by atoms with Crippen molar-refractivity contribution in [2.75, 3.05) is 23.3 Å². The van der Waals surface area contributed by atoms with Crippen LogP contribution in [0.1, 0.15) is 32.1 Å². The molecule has 0 bridgehead atoms. The highest BCUT2D eigenvalue weighted by Crippen LogP contribution is 2.36. The van der Waals surface area contributed by atoms with Crippen LogP contribution in [0.2, 0.25) is 0 Å². The summed E-state index contributed by atoms with van der Waals surface area (Å²) in [6.45, 7) is 0.387. The quantitative estimate of drug-likeness (QED) is 0.685. The highest BCUT2D eigenvalue weighted by molar-refractivity contribution is 6.10. The lowest BCUT2D eigenvalue weighted by Crippen LogP contribution is -2.42. The van der Waals surface area contributed by atoms with Crippen molar-refractivity contribution in [3.8, 4) is 12.3 Å². The number of para-hydroxylation sites is 2. The Bertz CT molecular complexity index is 821.